The zero-order valence-corrected chi connectivity index (χ0v) is 55.3. The molecule has 0 aromatic rings. The van der Waals surface area contributed by atoms with Gasteiger partial charge in [-0.05, 0) is 122 Å². The van der Waals surface area contributed by atoms with Crippen LogP contribution in [0.4, 0.5) is 0 Å². The highest BCUT2D eigenvalue weighted by Gasteiger charge is 2.27. The predicted molar refractivity (Wildman–Crippen MR) is 357 cm³/mol. The Bertz CT molecular complexity index is 1830. The second-order valence-electron chi connectivity index (χ2n) is 23.6. The fourth-order valence-corrected chi connectivity index (χ4v) is 9.90. The van der Waals surface area contributed by atoms with E-state index in [2.05, 4.69) is 135 Å². The molecule has 0 aliphatic rings. The van der Waals surface area contributed by atoms with Gasteiger partial charge in [0, 0.05) is 12.8 Å². The summed E-state index contributed by atoms with van der Waals surface area (Å²) in [6, 6.07) is -0.918. The van der Waals surface area contributed by atoms with Gasteiger partial charge >= 0.3 is 5.97 Å². The molecule has 1 amide bonds. The Balaban J connectivity index is 5.24. The molecule has 0 aliphatic carbocycles. The summed E-state index contributed by atoms with van der Waals surface area (Å²) in [6.07, 6.45) is 86.0. The minimum absolute atomic E-state index is 0.0362. The quantitative estimate of drug-likeness (QED) is 0.0212. The first-order valence-electron chi connectivity index (χ1n) is 33.8. The first-order valence-corrected chi connectivity index (χ1v) is 35.3. The van der Waals surface area contributed by atoms with Crippen LogP contribution in [0.5, 0.6) is 0 Å². The van der Waals surface area contributed by atoms with Gasteiger partial charge in [0.05, 0.1) is 33.8 Å². The molecule has 0 radical (unpaired) electrons. The molecule has 0 saturated carbocycles. The van der Waals surface area contributed by atoms with Crippen LogP contribution in [0.25, 0.3) is 0 Å². The smallest absolute Gasteiger partial charge is 0.306 e. The minimum Gasteiger partial charge on any atom is -0.756 e. The maximum atomic E-state index is 13.6. The van der Waals surface area contributed by atoms with E-state index in [-0.39, 0.29) is 31.3 Å². The number of phosphoric acid groups is 1. The van der Waals surface area contributed by atoms with Crippen molar-refractivity contribution in [3.63, 3.8) is 0 Å². The van der Waals surface area contributed by atoms with Crippen LogP contribution < -0.4 is 10.2 Å². The van der Waals surface area contributed by atoms with E-state index >= 15 is 0 Å². The lowest BCUT2D eigenvalue weighted by Gasteiger charge is -2.30. The van der Waals surface area contributed by atoms with E-state index in [1.54, 1.807) is 0 Å². The van der Waals surface area contributed by atoms with Crippen molar-refractivity contribution >= 4 is 19.7 Å². The molecule has 3 unspecified atom stereocenters. The molecule has 1 N–H and O–H groups in total. The van der Waals surface area contributed by atoms with E-state index in [1.807, 2.05) is 33.3 Å². The number of carbonyl (C=O) groups excluding carboxylic acids is 2. The van der Waals surface area contributed by atoms with Gasteiger partial charge in [-0.25, -0.2) is 0 Å². The van der Waals surface area contributed by atoms with Crippen LogP contribution in [0.1, 0.15) is 278 Å². The second-order valence-corrected chi connectivity index (χ2v) is 25.0. The lowest BCUT2D eigenvalue weighted by molar-refractivity contribution is -0.870. The van der Waals surface area contributed by atoms with Gasteiger partial charge in [-0.2, -0.15) is 0 Å². The van der Waals surface area contributed by atoms with Gasteiger partial charge in [0.15, 0.2) is 0 Å². The summed E-state index contributed by atoms with van der Waals surface area (Å²) >= 11 is 0. The largest absolute Gasteiger partial charge is 0.756 e. The fourth-order valence-electron chi connectivity index (χ4n) is 9.18. The van der Waals surface area contributed by atoms with Crippen molar-refractivity contribution in [2.75, 3.05) is 40.9 Å². The molecular weight excluding hydrogens is 1050 g/mol. The first kappa shape index (κ1) is 79.4. The number of hydrogen-bond donors (Lipinski definition) is 1. The van der Waals surface area contributed by atoms with E-state index in [9.17, 15) is 19.0 Å². The Hall–Kier alpha value is -3.59. The van der Waals surface area contributed by atoms with Crippen molar-refractivity contribution in [1.29, 1.82) is 0 Å². The standard InChI is InChI=1S/C73H127N2O7P/c1-7-10-13-16-19-22-25-28-30-32-34-35-36-37-38-39-41-43-45-48-51-54-57-60-63-66-73(77)82-71(64-61-58-55-52-49-46-27-24-21-18-15-12-9-3)70(69-81-83(78,79)80-68-67-75(4,5)6)74-72(76)65-62-59-56-53-50-47-44-42-40-33-31-29-26-23-20-17-14-11-8-2/h11,14,19-20,22-23,28-31,34-35,37-38,40,42,47,50,61,64,70-71H,7-10,12-13,15-18,21,24-27,32-33,36,39,41,43-46,48-49,51-60,62-63,65-69H2,1-6H3,(H-,74,76,78,79)/b14-11-,22-19-,23-20-,30-28-,31-29-,35-34-,38-37-,42-40-,50-47-,64-61-. The van der Waals surface area contributed by atoms with Gasteiger partial charge in [0.2, 0.25) is 5.91 Å². The number of unbranched alkanes of at least 4 members (excludes halogenated alkanes) is 26. The Labute approximate surface area is 512 Å². The van der Waals surface area contributed by atoms with E-state index in [1.165, 1.54) is 116 Å². The van der Waals surface area contributed by atoms with Crippen LogP contribution >= 0.6 is 7.82 Å². The molecule has 83 heavy (non-hydrogen) atoms. The Morgan fingerprint density at radius 2 is 0.771 bits per heavy atom. The number of hydrogen-bond acceptors (Lipinski definition) is 7. The Kier molecular flexibility index (Phi) is 58.8. The third-order valence-corrected chi connectivity index (χ3v) is 15.3. The van der Waals surface area contributed by atoms with Crippen molar-refractivity contribution in [2.24, 2.45) is 0 Å². The molecule has 0 bridgehead atoms. The molecule has 0 rings (SSSR count). The third-order valence-electron chi connectivity index (χ3n) is 14.4. The SMILES string of the molecule is CC/C=C\C/C=C\C/C=C\C/C=C\C/C=C\CCCCCC(=O)NC(COP(=O)([O-])OCC[N+](C)(C)C)C(/C=C\CCCCCCCCCCCCC)OC(=O)CCCCCCCCCCC/C=C\C/C=C\C/C=C\C/C=C\CCCCC. The summed E-state index contributed by atoms with van der Waals surface area (Å²) in [5.41, 5.74) is 0. The lowest BCUT2D eigenvalue weighted by Crippen LogP contribution is -2.47. The van der Waals surface area contributed by atoms with Gasteiger partial charge in [-0.3, -0.25) is 14.2 Å². The molecule has 3 atom stereocenters. The number of nitrogens with zero attached hydrogens (tertiary/aromatic N) is 1. The van der Waals surface area contributed by atoms with Gasteiger partial charge in [-0.1, -0.05) is 265 Å². The molecule has 0 heterocycles. The highest BCUT2D eigenvalue weighted by Crippen LogP contribution is 2.38. The van der Waals surface area contributed by atoms with E-state index in [0.29, 0.717) is 23.9 Å². The van der Waals surface area contributed by atoms with Crippen LogP contribution in [0, 0.1) is 0 Å². The van der Waals surface area contributed by atoms with Gasteiger partial charge in [-0.15, -0.1) is 0 Å². The van der Waals surface area contributed by atoms with Crippen LogP contribution in [0.3, 0.4) is 0 Å². The third kappa shape index (κ3) is 62.8. The number of ether oxygens (including phenoxy) is 1. The normalized spacial score (nSPS) is 14.3. The molecule has 0 saturated heterocycles. The molecular formula is C73H127N2O7P. The fraction of sp³-hybridized carbons (Fsp3) is 0.699. The van der Waals surface area contributed by atoms with E-state index in [4.69, 9.17) is 13.8 Å². The monoisotopic (exact) mass is 1170 g/mol. The summed E-state index contributed by atoms with van der Waals surface area (Å²) in [4.78, 5) is 40.1. The maximum Gasteiger partial charge on any atom is 0.306 e. The molecule has 9 nitrogen and oxygen atoms in total. The highest BCUT2D eigenvalue weighted by atomic mass is 31.2. The van der Waals surface area contributed by atoms with Crippen molar-refractivity contribution < 1.29 is 37.3 Å². The molecule has 0 spiro atoms. The summed E-state index contributed by atoms with van der Waals surface area (Å²) in [6.45, 7) is 6.67. The van der Waals surface area contributed by atoms with Crippen molar-refractivity contribution in [2.45, 2.75) is 290 Å². The zero-order chi connectivity index (χ0) is 60.7. The van der Waals surface area contributed by atoms with Crippen molar-refractivity contribution in [1.82, 2.24) is 5.32 Å². The average molecular weight is 1180 g/mol. The number of quaternary nitrogens is 1. The number of phosphoric ester groups is 1. The van der Waals surface area contributed by atoms with Crippen LogP contribution in [0.15, 0.2) is 122 Å². The van der Waals surface area contributed by atoms with Crippen LogP contribution in [0.2, 0.25) is 0 Å². The predicted octanol–water partition coefficient (Wildman–Crippen LogP) is 20.8. The average Bonchev–Trinajstić information content (AvgIpc) is 3.47. The van der Waals surface area contributed by atoms with E-state index < -0.39 is 26.6 Å². The molecule has 0 aromatic heterocycles. The number of nitrogens with one attached hydrogen (secondary N) is 1. The number of amides is 1. The van der Waals surface area contributed by atoms with Crippen molar-refractivity contribution in [3.05, 3.63) is 122 Å². The minimum atomic E-state index is -4.72. The summed E-state index contributed by atoms with van der Waals surface area (Å²) < 4.78 is 30.4. The van der Waals surface area contributed by atoms with Crippen molar-refractivity contribution in [3.8, 4) is 0 Å². The summed E-state index contributed by atoms with van der Waals surface area (Å²) in [5, 5.41) is 3.02. The topological polar surface area (TPSA) is 114 Å². The number of carbonyl (C=O) groups is 2. The number of likely N-dealkylation sites (N-methyl/N-ethyl adjacent to an activating group) is 1. The van der Waals surface area contributed by atoms with Crippen LogP contribution in [-0.4, -0.2) is 69.4 Å². The summed E-state index contributed by atoms with van der Waals surface area (Å²) in [7, 11) is 1.14. The molecule has 0 aliphatic heterocycles. The summed E-state index contributed by atoms with van der Waals surface area (Å²) in [5.74, 6) is -0.589. The Morgan fingerprint density at radius 3 is 1.19 bits per heavy atom. The first-order chi connectivity index (χ1) is 40.4. The lowest BCUT2D eigenvalue weighted by atomic mass is 10.0. The molecule has 0 fully saturated rings. The van der Waals surface area contributed by atoms with Crippen LogP contribution in [-0.2, 0) is 27.9 Å². The van der Waals surface area contributed by atoms with Gasteiger partial charge in [0.25, 0.3) is 7.82 Å². The number of allylic oxidation sites excluding steroid dienone is 19. The highest BCUT2D eigenvalue weighted by molar-refractivity contribution is 7.45. The van der Waals surface area contributed by atoms with E-state index in [0.717, 1.165) is 116 Å². The molecule has 476 valence electrons. The number of esters is 1. The molecule has 10 heteroatoms. The Morgan fingerprint density at radius 1 is 0.434 bits per heavy atom. The number of rotatable bonds is 60. The maximum absolute atomic E-state index is 13.6. The zero-order valence-electron chi connectivity index (χ0n) is 54.4. The second kappa shape index (κ2) is 61.5. The molecule has 0 aromatic carbocycles. The van der Waals surface area contributed by atoms with Gasteiger partial charge in [0.1, 0.15) is 19.3 Å². The van der Waals surface area contributed by atoms with Gasteiger partial charge < -0.3 is 28.5 Å².